The van der Waals surface area contributed by atoms with Gasteiger partial charge in [0.25, 0.3) is 0 Å². The maximum atomic E-state index is 12.9. The van der Waals surface area contributed by atoms with E-state index in [1.807, 2.05) is 0 Å². The molecular formula is C62H120O6. The standard InChI is InChI=1S/C62H120O6/c1-6-7-8-9-10-11-12-13-14-15-16-17-18-21-29-34-39-44-49-54-62(65)68-59(56-67-61(64)53-48-43-38-33-28-24-23-26-31-36-41-46-51-58(4)5)55-66-60(63)52-47-42-37-32-27-22-19-20-25-30-35-40-45-50-57(2)3/h57-59H,6-56H2,1-5H3/t59-/m0/s1. The summed E-state index contributed by atoms with van der Waals surface area (Å²) in [5.41, 5.74) is 0. The molecule has 0 spiro atoms. The molecule has 0 heterocycles. The Balaban J connectivity index is 4.29. The molecule has 1 atom stereocenters. The highest BCUT2D eigenvalue weighted by Crippen LogP contribution is 2.19. The Morgan fingerprint density at radius 3 is 0.721 bits per heavy atom. The molecule has 0 radical (unpaired) electrons. The van der Waals surface area contributed by atoms with Crippen LogP contribution in [-0.2, 0) is 28.6 Å². The molecule has 68 heavy (non-hydrogen) atoms. The van der Waals surface area contributed by atoms with Crippen molar-refractivity contribution >= 4 is 17.9 Å². The van der Waals surface area contributed by atoms with Crippen LogP contribution in [0.4, 0.5) is 0 Å². The van der Waals surface area contributed by atoms with Crippen molar-refractivity contribution in [3.05, 3.63) is 0 Å². The van der Waals surface area contributed by atoms with Gasteiger partial charge in [0.2, 0.25) is 0 Å². The van der Waals surface area contributed by atoms with Crippen molar-refractivity contribution in [3.63, 3.8) is 0 Å². The van der Waals surface area contributed by atoms with Gasteiger partial charge in [0, 0.05) is 19.3 Å². The lowest BCUT2D eigenvalue weighted by Gasteiger charge is -2.18. The number of hydrogen-bond donors (Lipinski definition) is 0. The third kappa shape index (κ3) is 55.3. The predicted octanol–water partition coefficient (Wildman–Crippen LogP) is 20.4. The second-order valence-corrected chi connectivity index (χ2v) is 22.3. The minimum absolute atomic E-state index is 0.0624. The van der Waals surface area contributed by atoms with Crippen LogP contribution in [0, 0.1) is 11.8 Å². The van der Waals surface area contributed by atoms with Gasteiger partial charge in [-0.05, 0) is 31.1 Å². The molecular weight excluding hydrogens is 841 g/mol. The van der Waals surface area contributed by atoms with Crippen LogP contribution in [0.2, 0.25) is 0 Å². The van der Waals surface area contributed by atoms with E-state index in [1.54, 1.807) is 0 Å². The summed E-state index contributed by atoms with van der Waals surface area (Å²) in [6.07, 6.45) is 59.6. The Morgan fingerprint density at radius 2 is 0.485 bits per heavy atom. The summed E-state index contributed by atoms with van der Waals surface area (Å²) in [5, 5.41) is 0. The van der Waals surface area contributed by atoms with Gasteiger partial charge in [-0.25, -0.2) is 0 Å². The fourth-order valence-corrected chi connectivity index (χ4v) is 9.58. The van der Waals surface area contributed by atoms with E-state index >= 15 is 0 Å². The van der Waals surface area contributed by atoms with Crippen LogP contribution < -0.4 is 0 Å². The third-order valence-electron chi connectivity index (χ3n) is 14.2. The number of carbonyl (C=O) groups is 3. The minimum atomic E-state index is -0.763. The van der Waals surface area contributed by atoms with E-state index in [1.165, 1.54) is 238 Å². The SMILES string of the molecule is CCCCCCCCCCCCCCCCCCCCCC(=O)O[C@@H](COC(=O)CCCCCCCCCCCCCCCC(C)C)COC(=O)CCCCCCCCCCCCCCC(C)C. The first-order valence-electron chi connectivity index (χ1n) is 30.7. The lowest BCUT2D eigenvalue weighted by molar-refractivity contribution is -0.167. The second kappa shape index (κ2) is 54.7. The van der Waals surface area contributed by atoms with Gasteiger partial charge in [-0.15, -0.1) is 0 Å². The molecule has 0 unspecified atom stereocenters. The van der Waals surface area contributed by atoms with Crippen LogP contribution in [0.5, 0.6) is 0 Å². The molecule has 0 aliphatic heterocycles. The number of rotatable bonds is 56. The van der Waals surface area contributed by atoms with Crippen LogP contribution in [-0.4, -0.2) is 37.2 Å². The van der Waals surface area contributed by atoms with E-state index in [-0.39, 0.29) is 31.1 Å². The normalized spacial score (nSPS) is 12.0. The van der Waals surface area contributed by atoms with Crippen LogP contribution in [0.3, 0.4) is 0 Å². The Labute approximate surface area is 425 Å². The lowest BCUT2D eigenvalue weighted by atomic mass is 10.0. The fraction of sp³-hybridized carbons (Fsp3) is 0.952. The Bertz CT molecular complexity index is 1040. The smallest absolute Gasteiger partial charge is 0.306 e. The Kier molecular flexibility index (Phi) is 53.5. The van der Waals surface area contributed by atoms with Gasteiger partial charge in [0.15, 0.2) is 6.10 Å². The van der Waals surface area contributed by atoms with Gasteiger partial charge >= 0.3 is 17.9 Å². The molecule has 0 rings (SSSR count). The van der Waals surface area contributed by atoms with Gasteiger partial charge in [0.1, 0.15) is 13.2 Å². The van der Waals surface area contributed by atoms with Crippen molar-refractivity contribution < 1.29 is 28.6 Å². The summed E-state index contributed by atoms with van der Waals surface area (Å²) in [6, 6.07) is 0. The molecule has 0 bridgehead atoms. The fourth-order valence-electron chi connectivity index (χ4n) is 9.58. The molecule has 0 aromatic heterocycles. The molecule has 0 saturated heterocycles. The number of hydrogen-bond acceptors (Lipinski definition) is 6. The molecule has 0 aliphatic carbocycles. The number of carbonyl (C=O) groups excluding carboxylic acids is 3. The van der Waals surface area contributed by atoms with E-state index < -0.39 is 6.10 Å². The highest BCUT2D eigenvalue weighted by Gasteiger charge is 2.19. The van der Waals surface area contributed by atoms with Crippen LogP contribution in [0.1, 0.15) is 349 Å². The first kappa shape index (κ1) is 66.4. The summed E-state index contributed by atoms with van der Waals surface area (Å²) in [7, 11) is 0. The highest BCUT2D eigenvalue weighted by atomic mass is 16.6. The zero-order chi connectivity index (χ0) is 49.6. The predicted molar refractivity (Wildman–Crippen MR) is 293 cm³/mol. The van der Waals surface area contributed by atoms with Crippen molar-refractivity contribution in [2.45, 2.75) is 355 Å². The van der Waals surface area contributed by atoms with Crippen molar-refractivity contribution in [1.29, 1.82) is 0 Å². The second-order valence-electron chi connectivity index (χ2n) is 22.3. The summed E-state index contributed by atoms with van der Waals surface area (Å²) in [4.78, 5) is 38.2. The average molecular weight is 962 g/mol. The van der Waals surface area contributed by atoms with Gasteiger partial charge in [-0.1, -0.05) is 311 Å². The maximum absolute atomic E-state index is 12.9. The Morgan fingerprint density at radius 1 is 0.279 bits per heavy atom. The van der Waals surface area contributed by atoms with E-state index in [0.717, 1.165) is 69.6 Å². The molecule has 0 fully saturated rings. The van der Waals surface area contributed by atoms with Crippen molar-refractivity contribution in [2.75, 3.05) is 13.2 Å². The lowest BCUT2D eigenvalue weighted by Crippen LogP contribution is -2.30. The molecule has 0 aliphatic rings. The summed E-state index contributed by atoms with van der Waals surface area (Å²) < 4.78 is 16.9. The molecule has 0 aromatic rings. The topological polar surface area (TPSA) is 78.9 Å². The van der Waals surface area contributed by atoms with Crippen LogP contribution in [0.15, 0.2) is 0 Å². The quantitative estimate of drug-likeness (QED) is 0.0343. The monoisotopic (exact) mass is 961 g/mol. The van der Waals surface area contributed by atoms with E-state index in [4.69, 9.17) is 14.2 Å². The zero-order valence-electron chi connectivity index (χ0n) is 46.7. The first-order chi connectivity index (χ1) is 33.2. The van der Waals surface area contributed by atoms with Crippen molar-refractivity contribution in [1.82, 2.24) is 0 Å². The molecule has 6 heteroatoms. The largest absolute Gasteiger partial charge is 0.462 e. The third-order valence-corrected chi connectivity index (χ3v) is 14.2. The molecule has 0 N–H and O–H groups in total. The number of unbranched alkanes of at least 4 members (excludes halogenated alkanes) is 41. The number of esters is 3. The molecule has 0 amide bonds. The Hall–Kier alpha value is -1.59. The van der Waals surface area contributed by atoms with E-state index in [9.17, 15) is 14.4 Å². The summed E-state index contributed by atoms with van der Waals surface area (Å²) in [5.74, 6) is 0.838. The average Bonchev–Trinajstić information content (AvgIpc) is 3.31. The molecule has 404 valence electrons. The minimum Gasteiger partial charge on any atom is -0.462 e. The maximum Gasteiger partial charge on any atom is 0.306 e. The van der Waals surface area contributed by atoms with Crippen LogP contribution >= 0.6 is 0 Å². The molecule has 0 saturated carbocycles. The zero-order valence-corrected chi connectivity index (χ0v) is 46.7. The summed E-state index contributed by atoms with van der Waals surface area (Å²) >= 11 is 0. The van der Waals surface area contributed by atoms with Gasteiger partial charge < -0.3 is 14.2 Å². The van der Waals surface area contributed by atoms with Crippen LogP contribution in [0.25, 0.3) is 0 Å². The molecule has 6 nitrogen and oxygen atoms in total. The molecule has 0 aromatic carbocycles. The van der Waals surface area contributed by atoms with Gasteiger partial charge in [-0.3, -0.25) is 14.4 Å². The van der Waals surface area contributed by atoms with Crippen molar-refractivity contribution in [3.8, 4) is 0 Å². The van der Waals surface area contributed by atoms with Gasteiger partial charge in [0.05, 0.1) is 0 Å². The highest BCUT2D eigenvalue weighted by molar-refractivity contribution is 5.71. The van der Waals surface area contributed by atoms with E-state index in [0.29, 0.717) is 19.3 Å². The number of ether oxygens (including phenoxy) is 3. The first-order valence-corrected chi connectivity index (χ1v) is 30.7. The van der Waals surface area contributed by atoms with E-state index in [2.05, 4.69) is 34.6 Å². The van der Waals surface area contributed by atoms with Gasteiger partial charge in [-0.2, -0.15) is 0 Å². The summed E-state index contributed by atoms with van der Waals surface area (Å²) in [6.45, 7) is 11.4. The van der Waals surface area contributed by atoms with Crippen molar-refractivity contribution in [2.24, 2.45) is 11.8 Å².